The van der Waals surface area contributed by atoms with Crippen LogP contribution in [0.5, 0.6) is 0 Å². The van der Waals surface area contributed by atoms with Crippen LogP contribution in [0.25, 0.3) is 0 Å². The smallest absolute Gasteiger partial charge is 0.221 e. The zero-order valence-corrected chi connectivity index (χ0v) is 11.3. The SMILES string of the molecule is N#Cc1ccc(C(O)CN2CCCC(C(N)=O)C2)cc1. The number of aliphatic hydroxyl groups is 1. The number of nitrogens with two attached hydrogens (primary N) is 1. The molecule has 0 aliphatic carbocycles. The van der Waals surface area contributed by atoms with Crippen LogP contribution in [0.1, 0.15) is 30.1 Å². The molecule has 0 bridgehead atoms. The van der Waals surface area contributed by atoms with Gasteiger partial charge in [-0.2, -0.15) is 5.26 Å². The number of nitriles is 1. The third-order valence-corrected chi connectivity index (χ3v) is 3.76. The molecule has 20 heavy (non-hydrogen) atoms. The summed E-state index contributed by atoms with van der Waals surface area (Å²) >= 11 is 0. The second-order valence-corrected chi connectivity index (χ2v) is 5.25. The van der Waals surface area contributed by atoms with Gasteiger partial charge in [0.15, 0.2) is 0 Å². The van der Waals surface area contributed by atoms with Gasteiger partial charge in [-0.1, -0.05) is 12.1 Å². The molecule has 1 saturated heterocycles. The zero-order chi connectivity index (χ0) is 14.5. The maximum absolute atomic E-state index is 11.2. The van der Waals surface area contributed by atoms with Crippen LogP contribution in [0.15, 0.2) is 24.3 Å². The number of carbonyl (C=O) groups is 1. The molecule has 1 aromatic rings. The van der Waals surface area contributed by atoms with Crippen LogP contribution in [0.3, 0.4) is 0 Å². The van der Waals surface area contributed by atoms with Crippen LogP contribution in [0, 0.1) is 17.2 Å². The number of β-amino-alcohol motifs (C(OH)–C–C–N with tert-alkyl or cyclic N) is 1. The highest BCUT2D eigenvalue weighted by Crippen LogP contribution is 2.20. The molecule has 2 rings (SSSR count). The van der Waals surface area contributed by atoms with Gasteiger partial charge in [0.1, 0.15) is 0 Å². The van der Waals surface area contributed by atoms with Crippen molar-refractivity contribution in [1.82, 2.24) is 4.90 Å². The van der Waals surface area contributed by atoms with Gasteiger partial charge in [-0.3, -0.25) is 9.69 Å². The summed E-state index contributed by atoms with van der Waals surface area (Å²) in [5.74, 6) is -0.375. The molecule has 5 nitrogen and oxygen atoms in total. The van der Waals surface area contributed by atoms with E-state index in [9.17, 15) is 9.90 Å². The summed E-state index contributed by atoms with van der Waals surface area (Å²) in [7, 11) is 0. The van der Waals surface area contributed by atoms with Gasteiger partial charge in [-0.15, -0.1) is 0 Å². The number of likely N-dealkylation sites (tertiary alicyclic amines) is 1. The topological polar surface area (TPSA) is 90.3 Å². The number of aliphatic hydroxyl groups excluding tert-OH is 1. The quantitative estimate of drug-likeness (QED) is 0.848. The predicted molar refractivity (Wildman–Crippen MR) is 74.5 cm³/mol. The van der Waals surface area contributed by atoms with E-state index in [-0.39, 0.29) is 11.8 Å². The zero-order valence-electron chi connectivity index (χ0n) is 11.3. The van der Waals surface area contributed by atoms with Crippen molar-refractivity contribution < 1.29 is 9.90 Å². The molecule has 1 aromatic carbocycles. The molecular weight excluding hydrogens is 254 g/mol. The molecule has 1 aliphatic rings. The highest BCUT2D eigenvalue weighted by Gasteiger charge is 2.25. The van der Waals surface area contributed by atoms with Gasteiger partial charge in [-0.25, -0.2) is 0 Å². The standard InChI is InChI=1S/C15H19N3O2/c16-8-11-3-5-12(6-4-11)14(19)10-18-7-1-2-13(9-18)15(17)20/h3-6,13-14,19H,1-2,7,9-10H2,(H2,17,20). The van der Waals surface area contributed by atoms with Crippen LogP contribution < -0.4 is 5.73 Å². The molecule has 0 radical (unpaired) electrons. The van der Waals surface area contributed by atoms with Crippen LogP contribution in [-0.4, -0.2) is 35.5 Å². The molecule has 0 spiro atoms. The van der Waals surface area contributed by atoms with Crippen molar-refractivity contribution in [2.75, 3.05) is 19.6 Å². The van der Waals surface area contributed by atoms with Gasteiger partial charge >= 0.3 is 0 Å². The number of piperidine rings is 1. The monoisotopic (exact) mass is 273 g/mol. The lowest BCUT2D eigenvalue weighted by molar-refractivity contribution is -0.123. The third-order valence-electron chi connectivity index (χ3n) is 3.76. The third kappa shape index (κ3) is 3.56. The van der Waals surface area contributed by atoms with Crippen molar-refractivity contribution in [2.24, 2.45) is 11.7 Å². The van der Waals surface area contributed by atoms with Gasteiger partial charge in [-0.05, 0) is 37.1 Å². The highest BCUT2D eigenvalue weighted by atomic mass is 16.3. The molecule has 5 heteroatoms. The van der Waals surface area contributed by atoms with Crippen molar-refractivity contribution in [3.63, 3.8) is 0 Å². The fourth-order valence-electron chi connectivity index (χ4n) is 2.58. The Morgan fingerprint density at radius 3 is 2.80 bits per heavy atom. The molecule has 0 saturated carbocycles. The van der Waals surface area contributed by atoms with Crippen molar-refractivity contribution >= 4 is 5.91 Å². The first-order valence-corrected chi connectivity index (χ1v) is 6.80. The summed E-state index contributed by atoms with van der Waals surface area (Å²) in [6.07, 6.45) is 1.14. The van der Waals surface area contributed by atoms with E-state index < -0.39 is 6.10 Å². The molecule has 2 unspecified atom stereocenters. The summed E-state index contributed by atoms with van der Waals surface area (Å²) in [4.78, 5) is 13.3. The fourth-order valence-corrected chi connectivity index (χ4v) is 2.58. The summed E-state index contributed by atoms with van der Waals surface area (Å²) in [6, 6.07) is 8.97. The average Bonchev–Trinajstić information content (AvgIpc) is 2.47. The lowest BCUT2D eigenvalue weighted by Crippen LogP contribution is -2.42. The first-order valence-electron chi connectivity index (χ1n) is 6.80. The van der Waals surface area contributed by atoms with E-state index in [1.807, 2.05) is 6.07 Å². The minimum atomic E-state index is -0.616. The van der Waals surface area contributed by atoms with Gasteiger partial charge in [0.05, 0.1) is 23.7 Å². The van der Waals surface area contributed by atoms with E-state index in [1.165, 1.54) is 0 Å². The van der Waals surface area contributed by atoms with Crippen LogP contribution >= 0.6 is 0 Å². The number of benzene rings is 1. The lowest BCUT2D eigenvalue weighted by Gasteiger charge is -2.32. The molecule has 1 amide bonds. The Balaban J connectivity index is 1.94. The summed E-state index contributed by atoms with van der Waals surface area (Å²) < 4.78 is 0. The number of carbonyl (C=O) groups excluding carboxylic acids is 1. The molecule has 1 fully saturated rings. The number of amides is 1. The van der Waals surface area contributed by atoms with Gasteiger partial charge in [0, 0.05) is 13.1 Å². The molecule has 1 aliphatic heterocycles. The fraction of sp³-hybridized carbons (Fsp3) is 0.467. The average molecular weight is 273 g/mol. The Morgan fingerprint density at radius 1 is 1.50 bits per heavy atom. The number of hydrogen-bond donors (Lipinski definition) is 2. The number of nitrogens with zero attached hydrogens (tertiary/aromatic N) is 2. The number of hydrogen-bond acceptors (Lipinski definition) is 4. The molecule has 1 heterocycles. The molecule has 3 N–H and O–H groups in total. The van der Waals surface area contributed by atoms with Gasteiger partial charge in [0.25, 0.3) is 0 Å². The Kier molecular flexibility index (Phi) is 4.72. The normalized spacial score (nSPS) is 21.1. The number of rotatable bonds is 4. The van der Waals surface area contributed by atoms with Crippen LogP contribution in [0.2, 0.25) is 0 Å². The molecule has 2 atom stereocenters. The second-order valence-electron chi connectivity index (χ2n) is 5.25. The van der Waals surface area contributed by atoms with Crippen molar-refractivity contribution in [2.45, 2.75) is 18.9 Å². The van der Waals surface area contributed by atoms with Gasteiger partial charge in [0.2, 0.25) is 5.91 Å². The summed E-state index contributed by atoms with van der Waals surface area (Å²) in [5, 5.41) is 19.0. The van der Waals surface area contributed by atoms with E-state index >= 15 is 0 Å². The van der Waals surface area contributed by atoms with E-state index in [0.717, 1.165) is 24.9 Å². The minimum absolute atomic E-state index is 0.114. The Morgan fingerprint density at radius 2 is 2.20 bits per heavy atom. The second kappa shape index (κ2) is 6.51. The van der Waals surface area contributed by atoms with E-state index in [1.54, 1.807) is 24.3 Å². The molecule has 0 aromatic heterocycles. The van der Waals surface area contributed by atoms with E-state index in [4.69, 9.17) is 11.0 Å². The van der Waals surface area contributed by atoms with Crippen LogP contribution in [0.4, 0.5) is 0 Å². The Bertz CT molecular complexity index is 507. The Labute approximate surface area is 118 Å². The maximum atomic E-state index is 11.2. The maximum Gasteiger partial charge on any atom is 0.221 e. The first-order chi connectivity index (χ1) is 9.60. The largest absolute Gasteiger partial charge is 0.387 e. The van der Waals surface area contributed by atoms with Crippen LogP contribution in [-0.2, 0) is 4.79 Å². The highest BCUT2D eigenvalue weighted by molar-refractivity contribution is 5.76. The first kappa shape index (κ1) is 14.5. The molecule has 106 valence electrons. The Hall–Kier alpha value is -1.90. The van der Waals surface area contributed by atoms with E-state index in [0.29, 0.717) is 18.7 Å². The van der Waals surface area contributed by atoms with Crippen molar-refractivity contribution in [3.8, 4) is 6.07 Å². The van der Waals surface area contributed by atoms with Gasteiger partial charge < -0.3 is 10.8 Å². The number of primary amides is 1. The van der Waals surface area contributed by atoms with E-state index in [2.05, 4.69) is 4.90 Å². The lowest BCUT2D eigenvalue weighted by atomic mass is 9.96. The predicted octanol–water partition coefficient (Wildman–Crippen LogP) is 0.789. The summed E-state index contributed by atoms with van der Waals surface area (Å²) in [5.41, 5.74) is 6.70. The van der Waals surface area contributed by atoms with Crippen molar-refractivity contribution in [1.29, 1.82) is 5.26 Å². The summed E-state index contributed by atoms with van der Waals surface area (Å²) in [6.45, 7) is 1.97. The molecular formula is C15H19N3O2. The van der Waals surface area contributed by atoms with Crippen molar-refractivity contribution in [3.05, 3.63) is 35.4 Å². The minimum Gasteiger partial charge on any atom is -0.387 e.